The van der Waals surface area contributed by atoms with Crippen LogP contribution in [0.25, 0.3) is 43.8 Å². The van der Waals surface area contributed by atoms with Crippen molar-refractivity contribution >= 4 is 131 Å². The zero-order chi connectivity index (χ0) is 64.4. The number of phenolic OH excluding ortho intramolecular Hbond substituents is 2. The van der Waals surface area contributed by atoms with Crippen molar-refractivity contribution in [2.75, 3.05) is 50.7 Å². The summed E-state index contributed by atoms with van der Waals surface area (Å²) in [5, 5.41) is 44.1. The summed E-state index contributed by atoms with van der Waals surface area (Å²) in [6, 6.07) is 28.9. The van der Waals surface area contributed by atoms with E-state index in [1.54, 1.807) is 12.1 Å². The maximum Gasteiger partial charge on any atom is 0.296 e. The first-order chi connectivity index (χ1) is 41.2. The summed E-state index contributed by atoms with van der Waals surface area (Å²) in [4.78, 5) is -0.266. The van der Waals surface area contributed by atoms with Crippen molar-refractivity contribution in [1.82, 2.24) is 15.5 Å². The SMILES string of the molecule is Cc1cc(-c2ccc(N=Nc3ccc4c(S(=O)(=O)O)cc(S(=O)(=O)O)c(N)c4c3O)c(C)c2)ccc1CC(=S)NCCN(CCN)CCNC(=S)Cc1ccc(-c2ccc(N=Nc3ccc4c(S(=O)(=O)O)cc(S(=O)(=O)O)c(N)c4c3O)c(C)c2)cc1C. The lowest BCUT2D eigenvalue weighted by atomic mass is 9.97. The molecule has 0 saturated heterocycles. The van der Waals surface area contributed by atoms with E-state index < -0.39 is 93.7 Å². The predicted molar refractivity (Wildman–Crippen MR) is 344 cm³/mol. The number of aromatic hydroxyl groups is 2. The number of hydrogen-bond donors (Lipinski definition) is 11. The lowest BCUT2D eigenvalue weighted by Crippen LogP contribution is -2.41. The molecule has 8 aromatic rings. The number of benzene rings is 8. The molecule has 14 N–H and O–H groups in total. The van der Waals surface area contributed by atoms with Gasteiger partial charge in [0.25, 0.3) is 40.5 Å². The summed E-state index contributed by atoms with van der Waals surface area (Å²) < 4.78 is 135. The Morgan fingerprint density at radius 1 is 0.455 bits per heavy atom. The van der Waals surface area contributed by atoms with Crippen LogP contribution in [0.1, 0.15) is 33.4 Å². The van der Waals surface area contributed by atoms with Gasteiger partial charge in [0.1, 0.15) is 31.0 Å². The first-order valence-corrected chi connectivity index (χ1v) is 33.1. The van der Waals surface area contributed by atoms with Gasteiger partial charge in [-0.2, -0.15) is 43.9 Å². The summed E-state index contributed by atoms with van der Waals surface area (Å²) in [6.45, 7) is 11.3. The lowest BCUT2D eigenvalue weighted by molar-refractivity contribution is 0.289. The van der Waals surface area contributed by atoms with Gasteiger partial charge >= 0.3 is 0 Å². The third kappa shape index (κ3) is 15.1. The van der Waals surface area contributed by atoms with Crippen molar-refractivity contribution in [3.8, 4) is 33.8 Å². The van der Waals surface area contributed by atoms with Gasteiger partial charge in [0.2, 0.25) is 0 Å². The number of fused-ring (bicyclic) bond motifs is 2. The lowest BCUT2D eigenvalue weighted by Gasteiger charge is -2.23. The molecule has 8 aromatic carbocycles. The standard InChI is InChI=1S/C58H60N10O14S6/c1-31-23-37(39-9-13-43(33(3)25-39)64-66-45-15-11-41-47(85(71,72)73)29-49(87(77,78)79)55(60)53(41)57(45)69)7-5-35(31)27-51(83)62-18-21-68(20-17-59)22-19-63-52(84)28-36-6-8-38(24-32(36)2)40-10-14-44(34(4)26-40)65-67-46-16-12-42-48(86(74,75)76)30-50(88(80,81)82)56(61)54(42)58(46)70/h5-16,23-26,29-30,69-70H,17-22,27-28,59-61H2,1-4H3,(H,62,83)(H,63,84)(H,71,72,73)(H,74,75,76)(H,77,78,79)(H,80,81,82). The third-order valence-electron chi connectivity index (χ3n) is 14.5. The van der Waals surface area contributed by atoms with Gasteiger partial charge in [-0.15, -0.1) is 10.2 Å². The minimum atomic E-state index is -5.08. The first-order valence-electron chi connectivity index (χ1n) is 26.5. The maximum absolute atomic E-state index is 12.1. The van der Waals surface area contributed by atoms with Gasteiger partial charge < -0.3 is 38.0 Å². The molecule has 0 fully saturated rings. The van der Waals surface area contributed by atoms with Crippen molar-refractivity contribution < 1.29 is 62.1 Å². The molecule has 0 radical (unpaired) electrons. The average molecular weight is 1310 g/mol. The first kappa shape index (κ1) is 66.0. The Morgan fingerprint density at radius 2 is 0.773 bits per heavy atom. The minimum absolute atomic E-state index is 0.199. The van der Waals surface area contributed by atoms with Crippen LogP contribution in [0.2, 0.25) is 0 Å². The molecular weight excluding hydrogens is 1250 g/mol. The second-order valence-electron chi connectivity index (χ2n) is 20.6. The number of anilines is 2. The van der Waals surface area contributed by atoms with Crippen molar-refractivity contribution in [2.45, 2.75) is 60.1 Å². The highest BCUT2D eigenvalue weighted by Gasteiger charge is 2.29. The zero-order valence-corrected chi connectivity index (χ0v) is 52.3. The molecule has 0 aliphatic carbocycles. The normalized spacial score (nSPS) is 12.5. The van der Waals surface area contributed by atoms with Crippen molar-refractivity contribution in [1.29, 1.82) is 0 Å². The fourth-order valence-corrected chi connectivity index (χ4v) is 13.3. The van der Waals surface area contributed by atoms with Gasteiger partial charge in [0.15, 0.2) is 11.5 Å². The summed E-state index contributed by atoms with van der Waals surface area (Å²) in [5.74, 6) is -1.46. The van der Waals surface area contributed by atoms with E-state index in [1.807, 2.05) is 76.2 Å². The monoisotopic (exact) mass is 1310 g/mol. The van der Waals surface area contributed by atoms with Crippen LogP contribution in [-0.2, 0) is 53.3 Å². The number of nitrogens with one attached hydrogen (secondary N) is 2. The average Bonchev–Trinajstić information content (AvgIpc) is 0.987. The number of thiocarbonyl (C=S) groups is 2. The Bertz CT molecular complexity index is 4410. The van der Waals surface area contributed by atoms with E-state index in [1.165, 1.54) is 24.3 Å². The summed E-state index contributed by atoms with van der Waals surface area (Å²) >= 11 is 11.5. The van der Waals surface area contributed by atoms with E-state index in [9.17, 15) is 62.1 Å². The molecule has 0 saturated carbocycles. The van der Waals surface area contributed by atoms with E-state index in [4.69, 9.17) is 41.6 Å². The Kier molecular flexibility index (Phi) is 19.8. The topological polar surface area (TPSA) is 413 Å². The predicted octanol–water partition coefficient (Wildman–Crippen LogP) is 9.83. The molecule has 24 nitrogen and oxygen atoms in total. The van der Waals surface area contributed by atoms with E-state index in [-0.39, 0.29) is 22.1 Å². The molecule has 0 aliphatic rings. The van der Waals surface area contributed by atoms with Crippen LogP contribution in [0.5, 0.6) is 11.5 Å². The molecular formula is C58H60N10O14S6. The highest BCUT2D eigenvalue weighted by Crippen LogP contribution is 2.46. The Hall–Kier alpha value is -7.98. The summed E-state index contributed by atoms with van der Waals surface area (Å²) in [5.41, 5.74) is 26.3. The van der Waals surface area contributed by atoms with Crippen LogP contribution in [0.15, 0.2) is 149 Å². The Labute approximate surface area is 518 Å². The van der Waals surface area contributed by atoms with E-state index >= 15 is 0 Å². The zero-order valence-electron chi connectivity index (χ0n) is 47.4. The van der Waals surface area contributed by atoms with Crippen molar-refractivity contribution in [3.05, 3.63) is 143 Å². The van der Waals surface area contributed by atoms with E-state index in [0.717, 1.165) is 55.6 Å². The van der Waals surface area contributed by atoms with E-state index in [0.29, 0.717) is 85.6 Å². The second kappa shape index (κ2) is 26.4. The number of hydrogen-bond acceptors (Lipinski definition) is 20. The molecule has 0 bridgehead atoms. The fourth-order valence-electron chi connectivity index (χ4n) is 9.88. The molecule has 88 heavy (non-hydrogen) atoms. The van der Waals surface area contributed by atoms with Crippen LogP contribution >= 0.6 is 24.4 Å². The third-order valence-corrected chi connectivity index (χ3v) is 18.6. The minimum Gasteiger partial charge on any atom is -0.505 e. The van der Waals surface area contributed by atoms with Gasteiger partial charge in [-0.1, -0.05) is 85.1 Å². The fraction of sp³-hybridized carbons (Fsp3) is 0.207. The molecule has 0 unspecified atom stereocenters. The number of nitrogen functional groups attached to an aromatic ring is 2. The number of phenols is 2. The smallest absolute Gasteiger partial charge is 0.296 e. The van der Waals surface area contributed by atoms with Gasteiger partial charge in [-0.05, 0) is 132 Å². The molecule has 0 amide bonds. The number of aryl methyl sites for hydroxylation is 4. The van der Waals surface area contributed by atoms with Gasteiger partial charge in [-0.3, -0.25) is 23.1 Å². The number of rotatable bonds is 22. The number of nitrogens with two attached hydrogens (primary N) is 3. The van der Waals surface area contributed by atoms with Gasteiger partial charge in [0.05, 0.1) is 43.5 Å². The summed E-state index contributed by atoms with van der Waals surface area (Å²) in [6.07, 6.45) is 1.05. The molecule has 0 heterocycles. The van der Waals surface area contributed by atoms with Gasteiger partial charge in [-0.25, -0.2) is 0 Å². The quantitative estimate of drug-likeness (QED) is 0.0130. The second-order valence-corrected chi connectivity index (χ2v) is 27.1. The number of nitrogens with zero attached hydrogens (tertiary/aromatic N) is 5. The molecule has 8 rings (SSSR count). The molecule has 462 valence electrons. The molecule has 0 aliphatic heterocycles. The van der Waals surface area contributed by atoms with Crippen LogP contribution < -0.4 is 27.8 Å². The highest BCUT2D eigenvalue weighted by molar-refractivity contribution is 7.87. The van der Waals surface area contributed by atoms with Crippen LogP contribution in [-0.4, -0.2) is 116 Å². The van der Waals surface area contributed by atoms with E-state index in [2.05, 4.69) is 48.1 Å². The number of azo groups is 2. The Balaban J connectivity index is 0.812. The summed E-state index contributed by atoms with van der Waals surface area (Å²) in [7, 11) is -20.2. The Morgan fingerprint density at radius 3 is 1.09 bits per heavy atom. The van der Waals surface area contributed by atoms with Gasteiger partial charge in [0, 0.05) is 62.9 Å². The van der Waals surface area contributed by atoms with Crippen molar-refractivity contribution in [2.24, 2.45) is 26.2 Å². The van der Waals surface area contributed by atoms with Crippen LogP contribution in [0.4, 0.5) is 34.1 Å². The molecule has 0 spiro atoms. The molecule has 0 atom stereocenters. The molecule has 0 aromatic heterocycles. The maximum atomic E-state index is 12.1. The van der Waals surface area contributed by atoms with Crippen LogP contribution in [0.3, 0.4) is 0 Å². The van der Waals surface area contributed by atoms with Crippen molar-refractivity contribution in [3.63, 3.8) is 0 Å². The molecule has 30 heteroatoms. The van der Waals surface area contributed by atoms with Crippen LogP contribution in [0, 0.1) is 27.7 Å². The largest absolute Gasteiger partial charge is 0.505 e. The highest BCUT2D eigenvalue weighted by atomic mass is 32.2.